The van der Waals surface area contributed by atoms with Gasteiger partial charge in [-0.2, -0.15) is 28.6 Å². The molecule has 0 radical (unpaired) electrons. The molecule has 1 aliphatic heterocycles. The van der Waals surface area contributed by atoms with E-state index in [4.69, 9.17) is 0 Å². The summed E-state index contributed by atoms with van der Waals surface area (Å²) in [5, 5.41) is 9.17. The number of rotatable bonds is 5. The highest BCUT2D eigenvalue weighted by atomic mass is 32.2. The summed E-state index contributed by atoms with van der Waals surface area (Å²) in [5.41, 5.74) is 0. The van der Waals surface area contributed by atoms with E-state index in [2.05, 4.69) is 52.8 Å². The van der Waals surface area contributed by atoms with Crippen LogP contribution in [0.15, 0.2) is 6.33 Å². The number of nitrogens with one attached hydrogen (secondary N) is 1. The molecule has 0 spiro atoms. The minimum absolute atomic E-state index is 0.491. The van der Waals surface area contributed by atoms with Gasteiger partial charge in [-0.05, 0) is 6.54 Å². The SMILES string of the molecule is CCNC(Cc1ncnn1C)C1SCCSC1C. The largest absolute Gasteiger partial charge is 0.313 e. The highest BCUT2D eigenvalue weighted by Gasteiger charge is 2.30. The van der Waals surface area contributed by atoms with Crippen LogP contribution in [0.3, 0.4) is 0 Å². The lowest BCUT2D eigenvalue weighted by Gasteiger charge is -2.34. The molecule has 3 unspecified atom stereocenters. The third-order valence-electron chi connectivity index (χ3n) is 3.31. The molecule has 0 saturated carbocycles. The minimum atomic E-state index is 0.491. The molecule has 0 aromatic carbocycles. The zero-order chi connectivity index (χ0) is 13.0. The molecule has 4 nitrogen and oxygen atoms in total. The number of hydrogen-bond donors (Lipinski definition) is 1. The van der Waals surface area contributed by atoms with Crippen LogP contribution in [0.25, 0.3) is 0 Å². The van der Waals surface area contributed by atoms with Crippen LogP contribution in [0.2, 0.25) is 0 Å². The molecular weight excluding hydrogens is 264 g/mol. The Kier molecular flexibility index (Phi) is 5.38. The summed E-state index contributed by atoms with van der Waals surface area (Å²) < 4.78 is 1.88. The van der Waals surface area contributed by atoms with Crippen LogP contribution < -0.4 is 5.32 Å². The monoisotopic (exact) mass is 286 g/mol. The molecule has 102 valence electrons. The van der Waals surface area contributed by atoms with E-state index in [0.717, 1.165) is 18.8 Å². The first-order chi connectivity index (χ1) is 8.72. The first-order valence-corrected chi connectivity index (χ1v) is 8.61. The Morgan fingerprint density at radius 2 is 2.28 bits per heavy atom. The third kappa shape index (κ3) is 3.42. The number of thioether (sulfide) groups is 2. The number of aryl methyl sites for hydroxylation is 1. The molecular formula is C12H22N4S2. The van der Waals surface area contributed by atoms with Crippen molar-refractivity contribution in [2.75, 3.05) is 18.1 Å². The van der Waals surface area contributed by atoms with Crippen LogP contribution in [0, 0.1) is 0 Å². The standard InChI is InChI=1S/C12H22N4S2/c1-4-13-10(7-11-14-8-15-16(11)3)12-9(2)17-5-6-18-12/h8-10,12-13H,4-7H2,1-3H3. The molecule has 1 saturated heterocycles. The van der Waals surface area contributed by atoms with Gasteiger partial charge in [0.15, 0.2) is 0 Å². The number of likely N-dealkylation sites (N-methyl/N-ethyl adjacent to an activating group) is 1. The van der Waals surface area contributed by atoms with Crippen molar-refractivity contribution in [3.8, 4) is 0 Å². The second-order valence-electron chi connectivity index (χ2n) is 4.58. The van der Waals surface area contributed by atoms with Crippen molar-refractivity contribution in [2.24, 2.45) is 7.05 Å². The second-order valence-corrected chi connectivity index (χ2v) is 7.35. The van der Waals surface area contributed by atoms with Gasteiger partial charge in [0.1, 0.15) is 12.2 Å². The van der Waals surface area contributed by atoms with E-state index in [1.807, 2.05) is 11.7 Å². The molecule has 3 atom stereocenters. The van der Waals surface area contributed by atoms with Gasteiger partial charge < -0.3 is 5.32 Å². The molecule has 18 heavy (non-hydrogen) atoms. The third-order valence-corrected chi connectivity index (χ3v) is 6.56. The average molecular weight is 286 g/mol. The predicted octanol–water partition coefficient (Wildman–Crippen LogP) is 1.57. The summed E-state index contributed by atoms with van der Waals surface area (Å²) >= 11 is 4.20. The van der Waals surface area contributed by atoms with Crippen LogP contribution in [0.5, 0.6) is 0 Å². The van der Waals surface area contributed by atoms with Crippen molar-refractivity contribution in [1.29, 1.82) is 0 Å². The van der Waals surface area contributed by atoms with E-state index >= 15 is 0 Å². The molecule has 0 aliphatic carbocycles. The summed E-state index contributed by atoms with van der Waals surface area (Å²) in [6.07, 6.45) is 2.61. The predicted molar refractivity (Wildman–Crippen MR) is 80.3 cm³/mol. The molecule has 6 heteroatoms. The van der Waals surface area contributed by atoms with Crippen molar-refractivity contribution in [3.05, 3.63) is 12.2 Å². The Balaban J connectivity index is 2.05. The van der Waals surface area contributed by atoms with E-state index in [-0.39, 0.29) is 0 Å². The van der Waals surface area contributed by atoms with Crippen molar-refractivity contribution >= 4 is 23.5 Å². The minimum Gasteiger partial charge on any atom is -0.313 e. The van der Waals surface area contributed by atoms with Gasteiger partial charge in [-0.1, -0.05) is 13.8 Å². The summed E-state index contributed by atoms with van der Waals surface area (Å²) in [6.45, 7) is 5.54. The molecule has 1 N–H and O–H groups in total. The van der Waals surface area contributed by atoms with E-state index in [9.17, 15) is 0 Å². The highest BCUT2D eigenvalue weighted by molar-refractivity contribution is 8.07. The van der Waals surface area contributed by atoms with Crippen molar-refractivity contribution in [2.45, 2.75) is 36.8 Å². The van der Waals surface area contributed by atoms with Crippen LogP contribution >= 0.6 is 23.5 Å². The molecule has 0 amide bonds. The summed E-state index contributed by atoms with van der Waals surface area (Å²) in [4.78, 5) is 4.35. The Hall–Kier alpha value is -0.200. The maximum Gasteiger partial charge on any atom is 0.138 e. The van der Waals surface area contributed by atoms with Crippen molar-refractivity contribution in [1.82, 2.24) is 20.1 Å². The highest BCUT2D eigenvalue weighted by Crippen LogP contribution is 2.33. The zero-order valence-corrected chi connectivity index (χ0v) is 12.9. The van der Waals surface area contributed by atoms with Crippen LogP contribution in [-0.4, -0.2) is 49.4 Å². The molecule has 1 aromatic rings. The van der Waals surface area contributed by atoms with Crippen molar-refractivity contribution < 1.29 is 0 Å². The lowest BCUT2D eigenvalue weighted by Crippen LogP contribution is -2.46. The van der Waals surface area contributed by atoms with Gasteiger partial charge in [0.05, 0.1) is 0 Å². The van der Waals surface area contributed by atoms with Gasteiger partial charge in [0, 0.05) is 41.5 Å². The summed E-state index contributed by atoms with van der Waals surface area (Å²) in [6, 6.07) is 0.491. The normalized spacial score (nSPS) is 26.2. The Morgan fingerprint density at radius 3 is 2.89 bits per heavy atom. The molecule has 1 aliphatic rings. The van der Waals surface area contributed by atoms with Crippen LogP contribution in [0.4, 0.5) is 0 Å². The van der Waals surface area contributed by atoms with E-state index < -0.39 is 0 Å². The topological polar surface area (TPSA) is 42.7 Å². The van der Waals surface area contributed by atoms with Gasteiger partial charge in [0.25, 0.3) is 0 Å². The summed E-state index contributed by atoms with van der Waals surface area (Å²) in [5.74, 6) is 3.62. The van der Waals surface area contributed by atoms with Crippen LogP contribution in [-0.2, 0) is 13.5 Å². The lowest BCUT2D eigenvalue weighted by molar-refractivity contribution is 0.481. The Morgan fingerprint density at radius 1 is 1.50 bits per heavy atom. The van der Waals surface area contributed by atoms with Gasteiger partial charge in [-0.3, -0.25) is 4.68 Å². The maximum atomic E-state index is 4.35. The smallest absolute Gasteiger partial charge is 0.138 e. The first-order valence-electron chi connectivity index (χ1n) is 6.51. The fourth-order valence-electron chi connectivity index (χ4n) is 2.36. The van der Waals surface area contributed by atoms with Gasteiger partial charge in [-0.25, -0.2) is 4.98 Å². The molecule has 2 rings (SSSR count). The fourth-order valence-corrected chi connectivity index (χ4v) is 5.32. The van der Waals surface area contributed by atoms with E-state index in [1.165, 1.54) is 11.5 Å². The average Bonchev–Trinajstić information content (AvgIpc) is 2.75. The van der Waals surface area contributed by atoms with Gasteiger partial charge >= 0.3 is 0 Å². The second kappa shape index (κ2) is 6.82. The van der Waals surface area contributed by atoms with Crippen LogP contribution in [0.1, 0.15) is 19.7 Å². The maximum absolute atomic E-state index is 4.35. The first kappa shape index (κ1) is 14.2. The molecule has 1 fully saturated rings. The number of nitrogens with zero attached hydrogens (tertiary/aromatic N) is 3. The molecule has 2 heterocycles. The van der Waals surface area contributed by atoms with E-state index in [1.54, 1.807) is 6.33 Å². The zero-order valence-electron chi connectivity index (χ0n) is 11.3. The van der Waals surface area contributed by atoms with Crippen molar-refractivity contribution in [3.63, 3.8) is 0 Å². The summed E-state index contributed by atoms with van der Waals surface area (Å²) in [7, 11) is 1.97. The Labute approximate surface area is 118 Å². The lowest BCUT2D eigenvalue weighted by atomic mass is 10.1. The Bertz CT molecular complexity index is 369. The number of aromatic nitrogens is 3. The van der Waals surface area contributed by atoms with E-state index in [0.29, 0.717) is 16.5 Å². The number of hydrogen-bond acceptors (Lipinski definition) is 5. The quantitative estimate of drug-likeness (QED) is 0.890. The van der Waals surface area contributed by atoms with Gasteiger partial charge in [0.2, 0.25) is 0 Å². The molecule has 1 aromatic heterocycles. The van der Waals surface area contributed by atoms with Gasteiger partial charge in [-0.15, -0.1) is 0 Å². The molecule has 0 bridgehead atoms. The fraction of sp³-hybridized carbons (Fsp3) is 0.833.